The molecular formula is C15H20BrN7O. The molecule has 1 unspecified atom stereocenters. The first-order valence-electron chi connectivity index (χ1n) is 7.82. The summed E-state index contributed by atoms with van der Waals surface area (Å²) in [5, 5.41) is 10.4. The second kappa shape index (κ2) is 7.16. The Labute approximate surface area is 148 Å². The molecule has 3 heterocycles. The number of rotatable bonds is 5. The van der Waals surface area contributed by atoms with E-state index in [-0.39, 0.29) is 5.56 Å². The first kappa shape index (κ1) is 16.7. The average molecular weight is 394 g/mol. The molecule has 1 atom stereocenters. The van der Waals surface area contributed by atoms with E-state index in [1.165, 1.54) is 4.68 Å². The van der Waals surface area contributed by atoms with E-state index in [1.54, 1.807) is 19.6 Å². The van der Waals surface area contributed by atoms with Crippen LogP contribution >= 0.6 is 15.9 Å². The van der Waals surface area contributed by atoms with Gasteiger partial charge in [0.05, 0.1) is 11.9 Å². The van der Waals surface area contributed by atoms with Crippen molar-refractivity contribution in [3.8, 4) is 0 Å². The van der Waals surface area contributed by atoms with Gasteiger partial charge in [0, 0.05) is 39.3 Å². The Hall–Kier alpha value is -2.16. The molecule has 2 aromatic rings. The molecule has 0 radical (unpaired) electrons. The van der Waals surface area contributed by atoms with Crippen molar-refractivity contribution >= 4 is 33.3 Å². The molecular weight excluding hydrogens is 374 g/mol. The smallest absolute Gasteiger partial charge is 0.282 e. The van der Waals surface area contributed by atoms with Crippen molar-refractivity contribution in [2.75, 3.05) is 35.7 Å². The van der Waals surface area contributed by atoms with Crippen LogP contribution in [0, 0.1) is 0 Å². The second-order valence-corrected chi connectivity index (χ2v) is 6.48. The molecule has 0 amide bonds. The van der Waals surface area contributed by atoms with Gasteiger partial charge in [-0.3, -0.25) is 4.79 Å². The molecule has 1 aliphatic rings. The molecule has 24 heavy (non-hydrogen) atoms. The number of halogens is 1. The Balaban J connectivity index is 1.72. The van der Waals surface area contributed by atoms with Crippen LogP contribution in [0.5, 0.6) is 0 Å². The number of nitrogens with one attached hydrogen (secondary N) is 2. The number of aryl methyl sites for hydroxylation is 1. The second-order valence-electron chi connectivity index (χ2n) is 5.68. The highest BCUT2D eigenvalue weighted by Crippen LogP contribution is 2.25. The molecule has 0 bridgehead atoms. The Morgan fingerprint density at radius 1 is 1.42 bits per heavy atom. The fraction of sp³-hybridized carbons (Fsp3) is 0.467. The van der Waals surface area contributed by atoms with Gasteiger partial charge < -0.3 is 15.5 Å². The summed E-state index contributed by atoms with van der Waals surface area (Å²) in [6.45, 7) is 1.68. The van der Waals surface area contributed by atoms with Crippen LogP contribution in [-0.2, 0) is 7.05 Å². The molecule has 0 saturated carbocycles. The zero-order valence-electron chi connectivity index (χ0n) is 13.7. The molecule has 0 aliphatic carbocycles. The average Bonchev–Trinajstić information content (AvgIpc) is 3.08. The monoisotopic (exact) mass is 393 g/mol. The van der Waals surface area contributed by atoms with Crippen molar-refractivity contribution in [1.29, 1.82) is 0 Å². The molecule has 128 valence electrons. The van der Waals surface area contributed by atoms with Crippen LogP contribution < -0.4 is 21.1 Å². The quantitative estimate of drug-likeness (QED) is 0.794. The predicted molar refractivity (Wildman–Crippen MR) is 97.6 cm³/mol. The summed E-state index contributed by atoms with van der Waals surface area (Å²) in [7, 11) is 3.47. The number of hydrogen-bond donors (Lipinski definition) is 2. The minimum absolute atomic E-state index is 0.155. The molecule has 1 aliphatic heterocycles. The maximum Gasteiger partial charge on any atom is 0.282 e. The number of nitrogens with zero attached hydrogens (tertiary/aromatic N) is 5. The summed E-state index contributed by atoms with van der Waals surface area (Å²) in [6.07, 6.45) is 5.42. The maximum atomic E-state index is 11.9. The lowest BCUT2D eigenvalue weighted by atomic mass is 10.2. The lowest BCUT2D eigenvalue weighted by molar-refractivity contribution is 0.682. The van der Waals surface area contributed by atoms with E-state index in [4.69, 9.17) is 0 Å². The van der Waals surface area contributed by atoms with Gasteiger partial charge in [0.2, 0.25) is 0 Å². The van der Waals surface area contributed by atoms with Crippen LogP contribution in [0.1, 0.15) is 12.8 Å². The summed E-state index contributed by atoms with van der Waals surface area (Å²) in [6, 6.07) is 2.26. The summed E-state index contributed by atoms with van der Waals surface area (Å²) in [4.78, 5) is 22.7. The maximum absolute atomic E-state index is 11.9. The van der Waals surface area contributed by atoms with Crippen molar-refractivity contribution in [3.63, 3.8) is 0 Å². The summed E-state index contributed by atoms with van der Waals surface area (Å²) >= 11 is 3.34. The third kappa shape index (κ3) is 3.35. The Morgan fingerprint density at radius 3 is 3.04 bits per heavy atom. The van der Waals surface area contributed by atoms with Gasteiger partial charge in [-0.2, -0.15) is 5.10 Å². The Bertz CT molecular complexity index is 779. The van der Waals surface area contributed by atoms with Gasteiger partial charge in [0.1, 0.15) is 22.4 Å². The zero-order valence-corrected chi connectivity index (χ0v) is 15.2. The van der Waals surface area contributed by atoms with Crippen LogP contribution in [-0.4, -0.2) is 45.9 Å². The molecule has 0 aromatic carbocycles. The fourth-order valence-corrected chi connectivity index (χ4v) is 3.35. The molecule has 8 nitrogen and oxygen atoms in total. The lowest BCUT2D eigenvalue weighted by Crippen LogP contribution is -2.36. The van der Waals surface area contributed by atoms with E-state index in [9.17, 15) is 4.79 Å². The highest BCUT2D eigenvalue weighted by molar-refractivity contribution is 9.10. The van der Waals surface area contributed by atoms with E-state index in [2.05, 4.69) is 46.5 Å². The Kier molecular flexibility index (Phi) is 4.98. The van der Waals surface area contributed by atoms with Crippen LogP contribution in [0.15, 0.2) is 27.9 Å². The SMILES string of the molecule is CNc1cc(N2CCCC2CNc2cnn(C)c(=O)c2Br)ncn1. The standard InChI is InChI=1S/C15H20BrN7O/c1-17-12-6-13(20-9-19-12)23-5-3-4-10(23)7-18-11-8-21-22(2)15(24)14(11)16/h6,8-10,18H,3-5,7H2,1-2H3,(H,17,19,20). The van der Waals surface area contributed by atoms with E-state index in [0.29, 0.717) is 22.7 Å². The summed E-state index contributed by atoms with van der Waals surface area (Å²) in [5.41, 5.74) is 0.557. The topological polar surface area (TPSA) is 88.0 Å². The van der Waals surface area contributed by atoms with Gasteiger partial charge in [-0.15, -0.1) is 0 Å². The largest absolute Gasteiger partial charge is 0.381 e. The molecule has 2 N–H and O–H groups in total. The first-order chi connectivity index (χ1) is 11.6. The van der Waals surface area contributed by atoms with E-state index < -0.39 is 0 Å². The van der Waals surface area contributed by atoms with Gasteiger partial charge in [-0.05, 0) is 28.8 Å². The van der Waals surface area contributed by atoms with Crippen molar-refractivity contribution in [3.05, 3.63) is 33.4 Å². The van der Waals surface area contributed by atoms with Gasteiger partial charge in [-0.25, -0.2) is 14.6 Å². The normalized spacial score (nSPS) is 17.1. The highest BCUT2D eigenvalue weighted by atomic mass is 79.9. The van der Waals surface area contributed by atoms with E-state index >= 15 is 0 Å². The van der Waals surface area contributed by atoms with Gasteiger partial charge in [-0.1, -0.05) is 0 Å². The van der Waals surface area contributed by atoms with Gasteiger partial charge in [0.15, 0.2) is 0 Å². The zero-order chi connectivity index (χ0) is 17.1. The fourth-order valence-electron chi connectivity index (χ4n) is 2.85. The molecule has 1 saturated heterocycles. The van der Waals surface area contributed by atoms with E-state index in [1.807, 2.05) is 13.1 Å². The van der Waals surface area contributed by atoms with Crippen molar-refractivity contribution in [2.24, 2.45) is 7.05 Å². The first-order valence-corrected chi connectivity index (χ1v) is 8.61. The van der Waals surface area contributed by atoms with Crippen molar-refractivity contribution < 1.29 is 0 Å². The molecule has 1 fully saturated rings. The van der Waals surface area contributed by atoms with Gasteiger partial charge in [0.25, 0.3) is 5.56 Å². The minimum atomic E-state index is -0.155. The number of hydrogen-bond acceptors (Lipinski definition) is 7. The Morgan fingerprint density at radius 2 is 2.25 bits per heavy atom. The van der Waals surface area contributed by atoms with Crippen molar-refractivity contribution in [1.82, 2.24) is 19.7 Å². The third-order valence-electron chi connectivity index (χ3n) is 4.19. The van der Waals surface area contributed by atoms with Crippen LogP contribution in [0.2, 0.25) is 0 Å². The summed E-state index contributed by atoms with van der Waals surface area (Å²) < 4.78 is 1.81. The molecule has 2 aromatic heterocycles. The molecule has 0 spiro atoms. The van der Waals surface area contributed by atoms with Crippen molar-refractivity contribution in [2.45, 2.75) is 18.9 Å². The van der Waals surface area contributed by atoms with Crippen LogP contribution in [0.25, 0.3) is 0 Å². The molecule has 3 rings (SSSR count). The molecule has 9 heteroatoms. The summed E-state index contributed by atoms with van der Waals surface area (Å²) in [5.74, 6) is 1.72. The third-order valence-corrected chi connectivity index (χ3v) is 4.95. The number of aromatic nitrogens is 4. The predicted octanol–water partition coefficient (Wildman–Crippen LogP) is 1.46. The van der Waals surface area contributed by atoms with Crippen LogP contribution in [0.3, 0.4) is 0 Å². The van der Waals surface area contributed by atoms with E-state index in [0.717, 1.165) is 31.0 Å². The lowest BCUT2D eigenvalue weighted by Gasteiger charge is -2.26. The van der Waals surface area contributed by atoms with Crippen LogP contribution in [0.4, 0.5) is 17.3 Å². The highest BCUT2D eigenvalue weighted by Gasteiger charge is 2.26. The van der Waals surface area contributed by atoms with Gasteiger partial charge >= 0.3 is 0 Å². The minimum Gasteiger partial charge on any atom is -0.381 e. The number of anilines is 3.